The van der Waals surface area contributed by atoms with Crippen molar-refractivity contribution in [1.82, 2.24) is 9.97 Å². The summed E-state index contributed by atoms with van der Waals surface area (Å²) in [5, 5.41) is 10.3. The van der Waals surface area contributed by atoms with E-state index in [1.54, 1.807) is 32.1 Å². The van der Waals surface area contributed by atoms with E-state index in [1.165, 1.54) is 13.2 Å². The molecule has 0 aliphatic rings. The van der Waals surface area contributed by atoms with Crippen LogP contribution in [0.1, 0.15) is 33.5 Å². The van der Waals surface area contributed by atoms with E-state index >= 15 is 0 Å². The van der Waals surface area contributed by atoms with Crippen LogP contribution >= 0.6 is 27.3 Å². The number of ether oxygens (including phenoxy) is 2. The molecule has 0 spiro atoms. The van der Waals surface area contributed by atoms with Crippen molar-refractivity contribution >= 4 is 55.6 Å². The van der Waals surface area contributed by atoms with Gasteiger partial charge in [0.2, 0.25) is 0 Å². The Labute approximate surface area is 172 Å². The molecule has 3 aromatic rings. The Balaban J connectivity index is 2.01. The van der Waals surface area contributed by atoms with Crippen molar-refractivity contribution < 1.29 is 19.4 Å². The maximum absolute atomic E-state index is 12.5. The number of esters is 1. The summed E-state index contributed by atoms with van der Waals surface area (Å²) in [5.74, 6) is 0.209. The fourth-order valence-electron chi connectivity index (χ4n) is 2.65. The number of nitrogens with zero attached hydrogens (tertiary/aromatic N) is 1. The van der Waals surface area contributed by atoms with Gasteiger partial charge in [0, 0.05) is 4.47 Å². The van der Waals surface area contributed by atoms with Gasteiger partial charge >= 0.3 is 5.97 Å². The second kappa shape index (κ2) is 8.15. The first-order valence-corrected chi connectivity index (χ1v) is 9.91. The molecule has 0 aliphatic carbocycles. The van der Waals surface area contributed by atoms with Gasteiger partial charge in [-0.25, -0.2) is 9.78 Å². The highest BCUT2D eigenvalue weighted by atomic mass is 79.9. The fraction of sp³-hybridized carbons (Fsp3) is 0.211. The maximum Gasteiger partial charge on any atom is 0.348 e. The largest absolute Gasteiger partial charge is 0.504 e. The van der Waals surface area contributed by atoms with Gasteiger partial charge in [-0.05, 0) is 43.2 Å². The average Bonchev–Trinajstić information content (AvgIpc) is 2.99. The highest BCUT2D eigenvalue weighted by Gasteiger charge is 2.19. The number of hydrogen-bond donors (Lipinski definition) is 2. The lowest BCUT2D eigenvalue weighted by Gasteiger charge is -2.06. The number of fused-ring (bicyclic) bond motifs is 1. The SMILES string of the molecule is CCOC(=O)c1sc2nc(/C=C/c3cc(O)c(OC)cc3Br)[nH]c(=O)c2c1C. The van der Waals surface area contributed by atoms with Crippen LogP contribution in [0.3, 0.4) is 0 Å². The number of rotatable bonds is 5. The number of H-pyrrole nitrogens is 1. The molecule has 1 aromatic carbocycles. The Hall–Kier alpha value is -2.65. The number of phenolic OH excluding ortho intramolecular Hbond substituents is 1. The minimum absolute atomic E-state index is 0.00443. The molecule has 28 heavy (non-hydrogen) atoms. The number of aromatic hydroxyl groups is 1. The Kier molecular flexibility index (Phi) is 5.85. The van der Waals surface area contributed by atoms with E-state index in [2.05, 4.69) is 25.9 Å². The summed E-state index contributed by atoms with van der Waals surface area (Å²) >= 11 is 4.54. The van der Waals surface area contributed by atoms with E-state index in [-0.39, 0.29) is 17.9 Å². The molecule has 0 bridgehead atoms. The topological polar surface area (TPSA) is 102 Å². The number of carbonyl (C=O) groups excluding carboxylic acids is 1. The van der Waals surface area contributed by atoms with Crippen molar-refractivity contribution in [3.8, 4) is 11.5 Å². The molecule has 7 nitrogen and oxygen atoms in total. The number of carbonyl (C=O) groups is 1. The zero-order valence-electron chi connectivity index (χ0n) is 15.3. The van der Waals surface area contributed by atoms with Gasteiger partial charge in [-0.2, -0.15) is 0 Å². The molecule has 0 saturated carbocycles. The summed E-state index contributed by atoms with van der Waals surface area (Å²) in [5.41, 5.74) is 0.909. The minimum atomic E-state index is -0.461. The third kappa shape index (κ3) is 3.81. The number of phenols is 1. The molecule has 2 N–H and O–H groups in total. The molecule has 0 saturated heterocycles. The molecule has 0 amide bonds. The van der Waals surface area contributed by atoms with Crippen LogP contribution in [-0.2, 0) is 4.74 Å². The van der Waals surface area contributed by atoms with Gasteiger partial charge in [-0.15, -0.1) is 11.3 Å². The van der Waals surface area contributed by atoms with Crippen LogP contribution in [-0.4, -0.2) is 34.8 Å². The summed E-state index contributed by atoms with van der Waals surface area (Å²) in [4.78, 5) is 32.5. The Morgan fingerprint density at radius 2 is 2.14 bits per heavy atom. The average molecular weight is 465 g/mol. The lowest BCUT2D eigenvalue weighted by atomic mass is 10.2. The van der Waals surface area contributed by atoms with Crippen LogP contribution in [0.25, 0.3) is 22.4 Å². The quantitative estimate of drug-likeness (QED) is 0.550. The van der Waals surface area contributed by atoms with Crippen LogP contribution in [0, 0.1) is 6.92 Å². The Morgan fingerprint density at radius 3 is 2.82 bits per heavy atom. The zero-order chi connectivity index (χ0) is 20.4. The van der Waals surface area contributed by atoms with Gasteiger partial charge in [-0.3, -0.25) is 4.79 Å². The number of methoxy groups -OCH3 is 1. The molecule has 146 valence electrons. The number of thiophene rings is 1. The molecular formula is C19H17BrN2O5S. The van der Waals surface area contributed by atoms with Crippen molar-refractivity contribution in [2.75, 3.05) is 13.7 Å². The zero-order valence-corrected chi connectivity index (χ0v) is 17.7. The van der Waals surface area contributed by atoms with Gasteiger partial charge in [0.25, 0.3) is 5.56 Å². The number of aromatic nitrogens is 2. The van der Waals surface area contributed by atoms with Crippen molar-refractivity contribution in [2.45, 2.75) is 13.8 Å². The van der Waals surface area contributed by atoms with E-state index in [0.717, 1.165) is 11.3 Å². The van der Waals surface area contributed by atoms with Crippen molar-refractivity contribution in [3.05, 3.63) is 48.8 Å². The van der Waals surface area contributed by atoms with Crippen molar-refractivity contribution in [1.29, 1.82) is 0 Å². The molecule has 0 aliphatic heterocycles. The summed E-state index contributed by atoms with van der Waals surface area (Å²) in [6, 6.07) is 3.17. The van der Waals surface area contributed by atoms with Crippen molar-refractivity contribution in [2.24, 2.45) is 0 Å². The van der Waals surface area contributed by atoms with Gasteiger partial charge in [0.05, 0.1) is 19.1 Å². The van der Waals surface area contributed by atoms with Crippen LogP contribution < -0.4 is 10.3 Å². The van der Waals surface area contributed by atoms with Gasteiger partial charge < -0.3 is 19.6 Å². The molecule has 0 radical (unpaired) electrons. The first-order valence-electron chi connectivity index (χ1n) is 8.30. The molecule has 0 atom stereocenters. The van der Waals surface area contributed by atoms with Gasteiger partial charge in [-0.1, -0.05) is 22.0 Å². The molecule has 0 unspecified atom stereocenters. The fourth-order valence-corrected chi connectivity index (χ4v) is 4.19. The molecule has 3 rings (SSSR count). The third-order valence-electron chi connectivity index (χ3n) is 4.00. The monoisotopic (exact) mass is 464 g/mol. The van der Waals surface area contributed by atoms with E-state index in [1.807, 2.05) is 0 Å². The highest BCUT2D eigenvalue weighted by molar-refractivity contribution is 9.10. The number of aromatic amines is 1. The van der Waals surface area contributed by atoms with E-state index in [0.29, 0.717) is 42.3 Å². The molecule has 9 heteroatoms. The van der Waals surface area contributed by atoms with E-state index < -0.39 is 5.97 Å². The van der Waals surface area contributed by atoms with Crippen LogP contribution in [0.15, 0.2) is 21.4 Å². The summed E-state index contributed by atoms with van der Waals surface area (Å²) in [6.07, 6.45) is 3.31. The van der Waals surface area contributed by atoms with Crippen LogP contribution in [0.2, 0.25) is 0 Å². The number of hydrogen-bond acceptors (Lipinski definition) is 7. The predicted octanol–water partition coefficient (Wildman–Crippen LogP) is 4.12. The first-order chi connectivity index (χ1) is 13.3. The van der Waals surface area contributed by atoms with E-state index in [4.69, 9.17) is 9.47 Å². The highest BCUT2D eigenvalue weighted by Crippen LogP contribution is 2.33. The number of halogens is 1. The smallest absolute Gasteiger partial charge is 0.348 e. The lowest BCUT2D eigenvalue weighted by molar-refractivity contribution is 0.0531. The van der Waals surface area contributed by atoms with Gasteiger partial charge in [0.1, 0.15) is 15.5 Å². The predicted molar refractivity (Wildman–Crippen MR) is 112 cm³/mol. The lowest BCUT2D eigenvalue weighted by Crippen LogP contribution is -2.10. The normalized spacial score (nSPS) is 11.3. The molecular weight excluding hydrogens is 448 g/mol. The number of benzene rings is 1. The van der Waals surface area contributed by atoms with Crippen molar-refractivity contribution in [3.63, 3.8) is 0 Å². The van der Waals surface area contributed by atoms with Crippen LogP contribution in [0.4, 0.5) is 0 Å². The number of aryl methyl sites for hydroxylation is 1. The minimum Gasteiger partial charge on any atom is -0.504 e. The molecule has 0 fully saturated rings. The second-order valence-electron chi connectivity index (χ2n) is 5.79. The number of nitrogens with one attached hydrogen (secondary N) is 1. The first kappa shape index (κ1) is 20.1. The molecule has 2 aromatic heterocycles. The summed E-state index contributed by atoms with van der Waals surface area (Å²) in [7, 11) is 1.47. The summed E-state index contributed by atoms with van der Waals surface area (Å²) in [6.45, 7) is 3.69. The second-order valence-corrected chi connectivity index (χ2v) is 7.64. The maximum atomic E-state index is 12.5. The molecule has 2 heterocycles. The third-order valence-corrected chi connectivity index (χ3v) is 5.85. The summed E-state index contributed by atoms with van der Waals surface area (Å²) < 4.78 is 10.8. The Bertz CT molecular complexity index is 1150. The van der Waals surface area contributed by atoms with Crippen LogP contribution in [0.5, 0.6) is 11.5 Å². The van der Waals surface area contributed by atoms with Gasteiger partial charge in [0.15, 0.2) is 11.5 Å². The van der Waals surface area contributed by atoms with E-state index in [9.17, 15) is 14.7 Å². The Morgan fingerprint density at radius 1 is 1.39 bits per heavy atom. The standard InChI is InChI=1S/C19H17BrN2O5S/c1-4-27-19(25)16-9(2)15-17(24)21-14(22-18(15)28-16)6-5-10-7-12(23)13(26-3)8-11(10)20/h5-8,23H,4H2,1-3H3,(H,21,22,24)/b6-5+.